The number of carbonyl (C=O) groups excluding carboxylic acids is 1. The maximum atomic E-state index is 12.5. The van der Waals surface area contributed by atoms with Crippen LogP contribution in [0.2, 0.25) is 0 Å². The Morgan fingerprint density at radius 3 is 2.81 bits per heavy atom. The van der Waals surface area contributed by atoms with Gasteiger partial charge in [0.05, 0.1) is 0 Å². The van der Waals surface area contributed by atoms with Gasteiger partial charge in [-0.1, -0.05) is 41.7 Å². The van der Waals surface area contributed by atoms with Gasteiger partial charge in [-0.25, -0.2) is 4.79 Å². The second-order valence-electron chi connectivity index (χ2n) is 5.37. The van der Waals surface area contributed by atoms with Gasteiger partial charge in [-0.3, -0.25) is 5.32 Å². The fourth-order valence-electron chi connectivity index (χ4n) is 2.40. The number of benzene rings is 1. The van der Waals surface area contributed by atoms with E-state index in [2.05, 4.69) is 22.4 Å². The molecule has 2 aromatic rings. The number of carbonyl (C=O) groups is 1. The van der Waals surface area contributed by atoms with Crippen LogP contribution in [-0.4, -0.2) is 27.2 Å². The number of hydrogen-bond acceptors (Lipinski definition) is 4. The first kappa shape index (κ1) is 14.0. The molecule has 5 nitrogen and oxygen atoms in total. The quantitative estimate of drug-likeness (QED) is 0.921. The largest absolute Gasteiger partial charge is 0.324 e. The molecule has 1 aliphatic carbocycles. The Kier molecular flexibility index (Phi) is 4.15. The SMILES string of the molecule is C[C@@H](C1CC1)N(Cc1ccccc1)C(=O)Nc1nncs1. The molecule has 6 heteroatoms. The lowest BCUT2D eigenvalue weighted by Crippen LogP contribution is -2.42. The second-order valence-corrected chi connectivity index (χ2v) is 6.20. The average Bonchev–Trinajstić information content (AvgIpc) is 3.23. The lowest BCUT2D eigenvalue weighted by molar-refractivity contribution is 0.180. The van der Waals surface area contributed by atoms with Crippen LogP contribution in [0.5, 0.6) is 0 Å². The molecular weight excluding hydrogens is 284 g/mol. The molecule has 1 aromatic heterocycles. The molecular formula is C15H18N4OS. The van der Waals surface area contributed by atoms with Crippen molar-refractivity contribution in [3.05, 3.63) is 41.4 Å². The Hall–Kier alpha value is -1.95. The highest BCUT2D eigenvalue weighted by Crippen LogP contribution is 2.36. The van der Waals surface area contributed by atoms with Crippen LogP contribution >= 0.6 is 11.3 Å². The van der Waals surface area contributed by atoms with Gasteiger partial charge >= 0.3 is 6.03 Å². The number of anilines is 1. The average molecular weight is 302 g/mol. The van der Waals surface area contributed by atoms with E-state index in [1.54, 1.807) is 5.51 Å². The molecule has 0 spiro atoms. The highest BCUT2D eigenvalue weighted by atomic mass is 32.1. The zero-order valence-electron chi connectivity index (χ0n) is 11.9. The molecule has 3 rings (SSSR count). The summed E-state index contributed by atoms with van der Waals surface area (Å²) in [5, 5.41) is 11.0. The van der Waals surface area contributed by atoms with E-state index in [0.717, 1.165) is 5.56 Å². The minimum Gasteiger partial charge on any atom is -0.317 e. The first-order valence-electron chi connectivity index (χ1n) is 7.12. The van der Waals surface area contributed by atoms with Crippen molar-refractivity contribution in [3.8, 4) is 0 Å². The molecule has 1 heterocycles. The lowest BCUT2D eigenvalue weighted by atomic mass is 10.1. The summed E-state index contributed by atoms with van der Waals surface area (Å²) in [7, 11) is 0. The summed E-state index contributed by atoms with van der Waals surface area (Å²) in [6.45, 7) is 2.74. The molecule has 0 bridgehead atoms. The van der Waals surface area contributed by atoms with Crippen molar-refractivity contribution in [1.29, 1.82) is 0 Å². The van der Waals surface area contributed by atoms with Gasteiger partial charge in [-0.15, -0.1) is 10.2 Å². The summed E-state index contributed by atoms with van der Waals surface area (Å²) in [4.78, 5) is 14.4. The molecule has 21 heavy (non-hydrogen) atoms. The number of urea groups is 1. The summed E-state index contributed by atoms with van der Waals surface area (Å²) in [6.07, 6.45) is 2.41. The summed E-state index contributed by atoms with van der Waals surface area (Å²) < 4.78 is 0. The van der Waals surface area contributed by atoms with Gasteiger partial charge in [-0.05, 0) is 31.2 Å². The summed E-state index contributed by atoms with van der Waals surface area (Å²) >= 11 is 1.33. The fourth-order valence-corrected chi connectivity index (χ4v) is 2.84. The van der Waals surface area contributed by atoms with E-state index in [9.17, 15) is 4.79 Å². The third-order valence-electron chi connectivity index (χ3n) is 3.83. The van der Waals surface area contributed by atoms with Crippen LogP contribution in [0.15, 0.2) is 35.8 Å². The first-order valence-corrected chi connectivity index (χ1v) is 7.99. The van der Waals surface area contributed by atoms with Crippen molar-refractivity contribution >= 4 is 22.5 Å². The van der Waals surface area contributed by atoms with E-state index in [1.165, 1.54) is 24.2 Å². The maximum Gasteiger partial charge on any atom is 0.324 e. The van der Waals surface area contributed by atoms with Crippen LogP contribution in [0.3, 0.4) is 0 Å². The molecule has 0 aliphatic heterocycles. The Balaban J connectivity index is 1.73. The Morgan fingerprint density at radius 1 is 1.43 bits per heavy atom. The molecule has 1 saturated carbocycles. The predicted octanol–water partition coefficient (Wildman–Crippen LogP) is 3.37. The zero-order valence-corrected chi connectivity index (χ0v) is 12.7. The highest BCUT2D eigenvalue weighted by molar-refractivity contribution is 7.13. The molecule has 1 N–H and O–H groups in total. The number of nitrogens with one attached hydrogen (secondary N) is 1. The van der Waals surface area contributed by atoms with E-state index in [1.807, 2.05) is 35.2 Å². The normalized spacial score (nSPS) is 15.5. The number of amides is 2. The van der Waals surface area contributed by atoms with Crippen molar-refractivity contribution in [2.24, 2.45) is 5.92 Å². The Morgan fingerprint density at radius 2 is 2.19 bits per heavy atom. The number of hydrogen-bond donors (Lipinski definition) is 1. The van der Waals surface area contributed by atoms with Crippen molar-refractivity contribution < 1.29 is 4.79 Å². The van der Waals surface area contributed by atoms with Crippen LogP contribution < -0.4 is 5.32 Å². The minimum atomic E-state index is -0.102. The first-order chi connectivity index (χ1) is 10.2. The molecule has 1 aliphatic rings. The topological polar surface area (TPSA) is 58.1 Å². The van der Waals surface area contributed by atoms with Gasteiger partial charge in [0.1, 0.15) is 5.51 Å². The molecule has 0 unspecified atom stereocenters. The molecule has 1 aromatic carbocycles. The van der Waals surface area contributed by atoms with Crippen LogP contribution in [-0.2, 0) is 6.54 Å². The van der Waals surface area contributed by atoms with Crippen molar-refractivity contribution in [3.63, 3.8) is 0 Å². The smallest absolute Gasteiger partial charge is 0.317 e. The minimum absolute atomic E-state index is 0.102. The summed E-state index contributed by atoms with van der Waals surface area (Å²) in [5.41, 5.74) is 2.75. The molecule has 0 radical (unpaired) electrons. The van der Waals surface area contributed by atoms with Gasteiger partial charge in [0.25, 0.3) is 0 Å². The second kappa shape index (κ2) is 6.22. The summed E-state index contributed by atoms with van der Waals surface area (Å²) in [6, 6.07) is 10.2. The van der Waals surface area contributed by atoms with E-state index < -0.39 is 0 Å². The van der Waals surface area contributed by atoms with Gasteiger partial charge < -0.3 is 4.90 Å². The van der Waals surface area contributed by atoms with Crippen LogP contribution in [0.4, 0.5) is 9.93 Å². The van der Waals surface area contributed by atoms with Crippen molar-refractivity contribution in [2.75, 3.05) is 5.32 Å². The van der Waals surface area contributed by atoms with Crippen LogP contribution in [0.25, 0.3) is 0 Å². The molecule has 1 fully saturated rings. The molecule has 110 valence electrons. The van der Waals surface area contributed by atoms with E-state index in [0.29, 0.717) is 17.6 Å². The van der Waals surface area contributed by atoms with Gasteiger partial charge in [0.15, 0.2) is 0 Å². The standard InChI is InChI=1S/C15H18N4OS/c1-11(13-7-8-13)19(9-12-5-3-2-4-6-12)15(20)17-14-18-16-10-21-14/h2-6,10-11,13H,7-9H2,1H3,(H,17,18,20)/t11-/m0/s1. The number of rotatable bonds is 5. The third-order valence-corrected chi connectivity index (χ3v) is 4.43. The van der Waals surface area contributed by atoms with Crippen LogP contribution in [0.1, 0.15) is 25.3 Å². The number of nitrogens with zero attached hydrogens (tertiary/aromatic N) is 3. The van der Waals surface area contributed by atoms with Gasteiger partial charge in [0.2, 0.25) is 5.13 Å². The van der Waals surface area contributed by atoms with Gasteiger partial charge in [-0.2, -0.15) is 0 Å². The Labute approximate surface area is 128 Å². The zero-order chi connectivity index (χ0) is 14.7. The highest BCUT2D eigenvalue weighted by Gasteiger charge is 2.34. The number of aromatic nitrogens is 2. The lowest BCUT2D eigenvalue weighted by Gasteiger charge is -2.29. The predicted molar refractivity (Wildman–Crippen MR) is 83.1 cm³/mol. The van der Waals surface area contributed by atoms with E-state index in [-0.39, 0.29) is 12.1 Å². The van der Waals surface area contributed by atoms with Gasteiger partial charge in [0, 0.05) is 12.6 Å². The summed E-state index contributed by atoms with van der Waals surface area (Å²) in [5.74, 6) is 0.619. The molecule has 1 atom stereocenters. The molecule has 2 amide bonds. The maximum absolute atomic E-state index is 12.5. The van der Waals surface area contributed by atoms with Crippen molar-refractivity contribution in [2.45, 2.75) is 32.4 Å². The van der Waals surface area contributed by atoms with Crippen LogP contribution in [0, 0.1) is 5.92 Å². The molecule has 0 saturated heterocycles. The van der Waals surface area contributed by atoms with E-state index >= 15 is 0 Å². The van der Waals surface area contributed by atoms with E-state index in [4.69, 9.17) is 0 Å². The Bertz CT molecular complexity index is 583. The fraction of sp³-hybridized carbons (Fsp3) is 0.400. The third kappa shape index (κ3) is 3.58. The monoisotopic (exact) mass is 302 g/mol. The van der Waals surface area contributed by atoms with Crippen molar-refractivity contribution in [1.82, 2.24) is 15.1 Å².